The number of rotatable bonds is 6. The predicted octanol–water partition coefficient (Wildman–Crippen LogP) is 4.98. The molecule has 0 spiro atoms. The van der Waals surface area contributed by atoms with Crippen molar-refractivity contribution in [3.8, 4) is 5.75 Å². The van der Waals surface area contributed by atoms with Crippen LogP contribution in [0.4, 0.5) is 0 Å². The number of nitrogens with one attached hydrogen (secondary N) is 1. The van der Waals surface area contributed by atoms with Gasteiger partial charge in [0, 0.05) is 18.1 Å². The molecule has 4 nitrogen and oxygen atoms in total. The topological polar surface area (TPSA) is 50.8 Å². The van der Waals surface area contributed by atoms with Gasteiger partial charge in [0.05, 0.1) is 0 Å². The van der Waals surface area contributed by atoms with Gasteiger partial charge in [-0.15, -0.1) is 0 Å². The lowest BCUT2D eigenvalue weighted by Gasteiger charge is -2.07. The number of nitrogens with zero attached hydrogens (tertiary/aromatic N) is 2. The van der Waals surface area contributed by atoms with Gasteiger partial charge in [-0.05, 0) is 35.4 Å². The second-order valence-corrected chi connectivity index (χ2v) is 6.43. The van der Waals surface area contributed by atoms with Crippen molar-refractivity contribution in [1.82, 2.24) is 15.0 Å². The lowest BCUT2D eigenvalue weighted by atomic mass is 10.2. The average molecular weight is 366 g/mol. The molecule has 1 aromatic carbocycles. The second-order valence-electron chi connectivity index (χ2n) is 4.73. The third kappa shape index (κ3) is 4.64. The largest absolute Gasteiger partial charge is 0.489 e. The molecule has 3 aromatic rings. The number of H-pyrrole nitrogens is 1. The van der Waals surface area contributed by atoms with Gasteiger partial charge in [-0.1, -0.05) is 47.1 Å². The Labute approximate surface area is 148 Å². The van der Waals surface area contributed by atoms with Gasteiger partial charge < -0.3 is 9.72 Å². The number of ether oxygens (including phenoxy) is 1. The van der Waals surface area contributed by atoms with E-state index in [1.807, 2.05) is 36.4 Å². The molecule has 2 heterocycles. The number of imidazole rings is 1. The van der Waals surface area contributed by atoms with Crippen LogP contribution in [-0.4, -0.2) is 15.0 Å². The summed E-state index contributed by atoms with van der Waals surface area (Å²) in [4.78, 5) is 11.0. The summed E-state index contributed by atoms with van der Waals surface area (Å²) >= 11 is 13.2. The van der Waals surface area contributed by atoms with Crippen LogP contribution in [0.15, 0.2) is 53.9 Å². The van der Waals surface area contributed by atoms with Crippen molar-refractivity contribution in [1.29, 1.82) is 0 Å². The minimum absolute atomic E-state index is 0.295. The van der Waals surface area contributed by atoms with Crippen LogP contribution in [0.5, 0.6) is 5.75 Å². The number of thioether (sulfide) groups is 1. The molecule has 7 heteroatoms. The number of pyridine rings is 1. The molecule has 23 heavy (non-hydrogen) atoms. The Morgan fingerprint density at radius 3 is 2.65 bits per heavy atom. The lowest BCUT2D eigenvalue weighted by Crippen LogP contribution is -1.95. The summed E-state index contributed by atoms with van der Waals surface area (Å²) < 4.78 is 5.81. The molecule has 3 rings (SSSR count). The Bertz CT molecular complexity index is 761. The highest BCUT2D eigenvalue weighted by Crippen LogP contribution is 2.27. The van der Waals surface area contributed by atoms with E-state index < -0.39 is 0 Å². The molecule has 0 aliphatic carbocycles. The maximum atomic E-state index is 5.85. The fraction of sp³-hybridized carbons (Fsp3) is 0.125. The zero-order valence-corrected chi connectivity index (χ0v) is 14.3. The zero-order valence-electron chi connectivity index (χ0n) is 12.0. The van der Waals surface area contributed by atoms with Crippen molar-refractivity contribution in [2.45, 2.75) is 17.5 Å². The molecule has 0 unspecified atom stereocenters. The van der Waals surface area contributed by atoms with E-state index in [1.165, 1.54) is 11.8 Å². The smallest absolute Gasteiger partial charge is 0.168 e. The van der Waals surface area contributed by atoms with Crippen molar-refractivity contribution in [3.05, 3.63) is 70.2 Å². The van der Waals surface area contributed by atoms with Gasteiger partial charge >= 0.3 is 0 Å². The molecule has 0 saturated heterocycles. The van der Waals surface area contributed by atoms with Gasteiger partial charge in [0.25, 0.3) is 0 Å². The SMILES string of the molecule is Clc1nc(SCc2cccc(OCc3ccncc3)c2)[nH]c1Cl. The molecular weight excluding hydrogens is 353 g/mol. The summed E-state index contributed by atoms with van der Waals surface area (Å²) in [6.07, 6.45) is 3.51. The molecule has 0 aliphatic rings. The van der Waals surface area contributed by atoms with E-state index in [2.05, 4.69) is 15.0 Å². The van der Waals surface area contributed by atoms with Crippen LogP contribution in [0.1, 0.15) is 11.1 Å². The fourth-order valence-electron chi connectivity index (χ4n) is 1.90. The quantitative estimate of drug-likeness (QED) is 0.625. The van der Waals surface area contributed by atoms with E-state index >= 15 is 0 Å². The van der Waals surface area contributed by atoms with Crippen molar-refractivity contribution < 1.29 is 4.74 Å². The molecule has 2 aromatic heterocycles. The number of halogens is 2. The third-order valence-electron chi connectivity index (χ3n) is 3.03. The summed E-state index contributed by atoms with van der Waals surface area (Å²) in [5, 5.41) is 1.36. The second kappa shape index (κ2) is 7.73. The molecule has 0 atom stereocenters. The first-order valence-electron chi connectivity index (χ1n) is 6.85. The van der Waals surface area contributed by atoms with Gasteiger partial charge in [0.2, 0.25) is 0 Å². The van der Waals surface area contributed by atoms with E-state index in [9.17, 15) is 0 Å². The first-order valence-corrected chi connectivity index (χ1v) is 8.59. The normalized spacial score (nSPS) is 10.7. The fourth-order valence-corrected chi connectivity index (χ4v) is 3.09. The first-order chi connectivity index (χ1) is 11.2. The maximum absolute atomic E-state index is 5.85. The Kier molecular flexibility index (Phi) is 5.43. The van der Waals surface area contributed by atoms with Crippen molar-refractivity contribution in [3.63, 3.8) is 0 Å². The highest BCUT2D eigenvalue weighted by molar-refractivity contribution is 7.98. The molecule has 0 fully saturated rings. The summed E-state index contributed by atoms with van der Waals surface area (Å²) in [6, 6.07) is 11.8. The molecule has 0 bridgehead atoms. The van der Waals surface area contributed by atoms with Crippen molar-refractivity contribution in [2.24, 2.45) is 0 Å². The molecule has 0 saturated carbocycles. The van der Waals surface area contributed by atoms with E-state index in [4.69, 9.17) is 27.9 Å². The maximum Gasteiger partial charge on any atom is 0.168 e. The minimum Gasteiger partial charge on any atom is -0.489 e. The Balaban J connectivity index is 1.58. The van der Waals surface area contributed by atoms with Crippen LogP contribution in [-0.2, 0) is 12.4 Å². The van der Waals surface area contributed by atoms with Crippen molar-refractivity contribution >= 4 is 35.0 Å². The number of aromatic amines is 1. The van der Waals surface area contributed by atoms with Gasteiger partial charge in [-0.25, -0.2) is 4.98 Å². The Morgan fingerprint density at radius 1 is 1.09 bits per heavy atom. The van der Waals surface area contributed by atoms with E-state index in [0.717, 1.165) is 22.6 Å². The first kappa shape index (κ1) is 16.2. The van der Waals surface area contributed by atoms with Gasteiger partial charge in [-0.2, -0.15) is 0 Å². The predicted molar refractivity (Wildman–Crippen MR) is 93.2 cm³/mol. The number of aromatic nitrogens is 3. The summed E-state index contributed by atoms with van der Waals surface area (Å²) in [5.74, 6) is 1.57. The molecule has 118 valence electrons. The summed E-state index contributed by atoms with van der Waals surface area (Å²) in [6.45, 7) is 0.516. The van der Waals surface area contributed by atoms with E-state index in [-0.39, 0.29) is 0 Å². The lowest BCUT2D eigenvalue weighted by molar-refractivity contribution is 0.306. The zero-order chi connectivity index (χ0) is 16.1. The number of benzene rings is 1. The standard InChI is InChI=1S/C16H13Cl2N3OS/c17-14-15(18)21-16(20-14)23-10-12-2-1-3-13(8-12)22-9-11-4-6-19-7-5-11/h1-8H,9-10H2,(H,20,21). The highest BCUT2D eigenvalue weighted by Gasteiger charge is 2.07. The van der Waals surface area contributed by atoms with Crippen LogP contribution in [0.25, 0.3) is 0 Å². The van der Waals surface area contributed by atoms with Crippen LogP contribution in [0.3, 0.4) is 0 Å². The minimum atomic E-state index is 0.295. The Hall–Kier alpha value is -1.69. The average Bonchev–Trinajstić information content (AvgIpc) is 2.91. The summed E-state index contributed by atoms with van der Waals surface area (Å²) in [5.41, 5.74) is 2.21. The highest BCUT2D eigenvalue weighted by atomic mass is 35.5. The van der Waals surface area contributed by atoms with Gasteiger partial charge in [-0.3, -0.25) is 4.98 Å². The van der Waals surface area contributed by atoms with E-state index in [1.54, 1.807) is 12.4 Å². The molecule has 1 N–H and O–H groups in total. The number of hydrogen-bond acceptors (Lipinski definition) is 4. The van der Waals surface area contributed by atoms with Gasteiger partial charge in [0.15, 0.2) is 10.3 Å². The Morgan fingerprint density at radius 2 is 1.91 bits per heavy atom. The molecule has 0 radical (unpaired) electrons. The molecule has 0 amide bonds. The van der Waals surface area contributed by atoms with Crippen molar-refractivity contribution in [2.75, 3.05) is 0 Å². The monoisotopic (exact) mass is 365 g/mol. The van der Waals surface area contributed by atoms with Crippen LogP contribution >= 0.6 is 35.0 Å². The molecular formula is C16H13Cl2N3OS. The van der Waals surface area contributed by atoms with Crippen LogP contribution in [0.2, 0.25) is 10.3 Å². The summed E-state index contributed by atoms with van der Waals surface area (Å²) in [7, 11) is 0. The van der Waals surface area contributed by atoms with E-state index in [0.29, 0.717) is 22.1 Å². The van der Waals surface area contributed by atoms with Crippen LogP contribution < -0.4 is 4.74 Å². The molecule has 0 aliphatic heterocycles. The third-order valence-corrected chi connectivity index (χ3v) is 4.61. The number of hydrogen-bond donors (Lipinski definition) is 1. The van der Waals surface area contributed by atoms with Gasteiger partial charge in [0.1, 0.15) is 17.5 Å². The van der Waals surface area contributed by atoms with Crippen LogP contribution in [0, 0.1) is 0 Å².